The van der Waals surface area contributed by atoms with Crippen LogP contribution >= 0.6 is 11.8 Å². The maximum absolute atomic E-state index is 6.11. The molecule has 0 aliphatic carbocycles. The summed E-state index contributed by atoms with van der Waals surface area (Å²) in [6.45, 7) is 2.03. The molecule has 0 amide bonds. The van der Waals surface area contributed by atoms with Crippen molar-refractivity contribution in [2.24, 2.45) is 5.73 Å². The molecule has 2 unspecified atom stereocenters. The smallest absolute Gasteiger partial charge is 0.119 e. The highest BCUT2D eigenvalue weighted by atomic mass is 32.2. The molecule has 1 heterocycles. The molecule has 0 bridgehead atoms. The molecule has 2 N–H and O–H groups in total. The average Bonchev–Trinajstić information content (AvgIpc) is 2.45. The quantitative estimate of drug-likeness (QED) is 0.850. The summed E-state index contributed by atoms with van der Waals surface area (Å²) in [7, 11) is 1.68. The molecule has 19 heavy (non-hydrogen) atoms. The molecule has 0 spiro atoms. The number of hydrogen-bond acceptors (Lipinski definition) is 4. The van der Waals surface area contributed by atoms with Gasteiger partial charge in [0.25, 0.3) is 0 Å². The number of rotatable bonds is 5. The van der Waals surface area contributed by atoms with Crippen molar-refractivity contribution in [3.05, 3.63) is 54.4 Å². The van der Waals surface area contributed by atoms with Gasteiger partial charge in [0.05, 0.1) is 7.11 Å². The van der Waals surface area contributed by atoms with E-state index < -0.39 is 0 Å². The molecule has 2 rings (SSSR count). The van der Waals surface area contributed by atoms with Gasteiger partial charge in [-0.15, -0.1) is 11.8 Å². The lowest BCUT2D eigenvalue weighted by molar-refractivity contribution is 0.413. The van der Waals surface area contributed by atoms with Crippen LogP contribution in [0.15, 0.2) is 53.7 Å². The van der Waals surface area contributed by atoms with Gasteiger partial charge in [0.2, 0.25) is 0 Å². The molecule has 2 atom stereocenters. The van der Waals surface area contributed by atoms with Gasteiger partial charge in [-0.25, -0.2) is 0 Å². The van der Waals surface area contributed by atoms with Crippen LogP contribution in [0.4, 0.5) is 0 Å². The standard InChI is InChI=1S/C15H18N2OS/c1-11(16)15(12-6-8-17-9-7-12)19-14-5-3-4-13(10-14)18-2/h3-11,15H,16H2,1-2H3. The Balaban J connectivity index is 2.21. The molecule has 0 saturated heterocycles. The maximum atomic E-state index is 6.11. The van der Waals surface area contributed by atoms with Gasteiger partial charge in [0, 0.05) is 28.6 Å². The molecule has 0 aliphatic rings. The Labute approximate surface area is 118 Å². The van der Waals surface area contributed by atoms with Crippen LogP contribution in [-0.2, 0) is 0 Å². The fraction of sp³-hybridized carbons (Fsp3) is 0.267. The lowest BCUT2D eigenvalue weighted by atomic mass is 10.1. The minimum Gasteiger partial charge on any atom is -0.497 e. The Morgan fingerprint density at radius 1 is 1.21 bits per heavy atom. The lowest BCUT2D eigenvalue weighted by Crippen LogP contribution is -2.22. The zero-order valence-electron chi connectivity index (χ0n) is 11.1. The number of pyridine rings is 1. The Morgan fingerprint density at radius 3 is 2.58 bits per heavy atom. The predicted octanol–water partition coefficient (Wildman–Crippen LogP) is 3.27. The summed E-state index contributed by atoms with van der Waals surface area (Å²) >= 11 is 1.75. The van der Waals surface area contributed by atoms with Crippen molar-refractivity contribution in [3.8, 4) is 5.75 Å². The minimum atomic E-state index is 0.0543. The van der Waals surface area contributed by atoms with Crippen LogP contribution in [-0.4, -0.2) is 18.1 Å². The Kier molecular flexibility index (Phi) is 4.82. The van der Waals surface area contributed by atoms with Crippen LogP contribution in [0.1, 0.15) is 17.7 Å². The number of aromatic nitrogens is 1. The molecule has 0 fully saturated rings. The monoisotopic (exact) mass is 274 g/mol. The number of ether oxygens (including phenoxy) is 1. The molecule has 100 valence electrons. The van der Waals surface area contributed by atoms with Gasteiger partial charge in [-0.3, -0.25) is 4.98 Å². The highest BCUT2D eigenvalue weighted by Gasteiger charge is 2.17. The molecule has 1 aromatic heterocycles. The van der Waals surface area contributed by atoms with E-state index in [9.17, 15) is 0 Å². The molecular weight excluding hydrogens is 256 g/mol. The van der Waals surface area contributed by atoms with Gasteiger partial charge in [0.1, 0.15) is 5.75 Å². The summed E-state index contributed by atoms with van der Waals surface area (Å²) in [5, 5.41) is 0.204. The second kappa shape index (κ2) is 6.59. The van der Waals surface area contributed by atoms with Crippen LogP contribution in [0.3, 0.4) is 0 Å². The van der Waals surface area contributed by atoms with Crippen LogP contribution in [0, 0.1) is 0 Å². The maximum Gasteiger partial charge on any atom is 0.119 e. The van der Waals surface area contributed by atoms with Gasteiger partial charge in [0.15, 0.2) is 0 Å². The van der Waals surface area contributed by atoms with Crippen molar-refractivity contribution in [1.82, 2.24) is 4.98 Å². The number of benzene rings is 1. The number of nitrogens with two attached hydrogens (primary N) is 1. The molecule has 0 radical (unpaired) electrons. The first kappa shape index (κ1) is 13.9. The van der Waals surface area contributed by atoms with Crippen LogP contribution < -0.4 is 10.5 Å². The third kappa shape index (κ3) is 3.72. The summed E-state index contributed by atoms with van der Waals surface area (Å²) in [5.41, 5.74) is 7.31. The third-order valence-corrected chi connectivity index (χ3v) is 4.30. The van der Waals surface area contributed by atoms with Gasteiger partial charge in [-0.1, -0.05) is 6.07 Å². The van der Waals surface area contributed by atoms with Gasteiger partial charge in [-0.2, -0.15) is 0 Å². The summed E-state index contributed by atoms with van der Waals surface area (Å²) < 4.78 is 5.25. The topological polar surface area (TPSA) is 48.1 Å². The van der Waals surface area contributed by atoms with Gasteiger partial charge < -0.3 is 10.5 Å². The zero-order chi connectivity index (χ0) is 13.7. The first-order valence-electron chi connectivity index (χ1n) is 6.17. The second-order valence-electron chi connectivity index (χ2n) is 4.36. The number of hydrogen-bond donors (Lipinski definition) is 1. The fourth-order valence-electron chi connectivity index (χ4n) is 1.85. The number of thioether (sulfide) groups is 1. The summed E-state index contributed by atoms with van der Waals surface area (Å²) in [6.07, 6.45) is 3.60. The number of nitrogens with zero attached hydrogens (tertiary/aromatic N) is 1. The largest absolute Gasteiger partial charge is 0.497 e. The first-order valence-corrected chi connectivity index (χ1v) is 7.05. The van der Waals surface area contributed by atoms with E-state index in [4.69, 9.17) is 10.5 Å². The van der Waals surface area contributed by atoms with Crippen LogP contribution in [0.5, 0.6) is 5.75 Å². The second-order valence-corrected chi connectivity index (χ2v) is 5.57. The van der Waals surface area contributed by atoms with Crippen LogP contribution in [0.2, 0.25) is 0 Å². The fourth-order valence-corrected chi connectivity index (χ4v) is 3.00. The van der Waals surface area contributed by atoms with Crippen molar-refractivity contribution in [3.63, 3.8) is 0 Å². The molecule has 0 saturated carbocycles. The van der Waals surface area contributed by atoms with Crippen molar-refractivity contribution < 1.29 is 4.74 Å². The lowest BCUT2D eigenvalue weighted by Gasteiger charge is -2.20. The van der Waals surface area contributed by atoms with Gasteiger partial charge in [-0.05, 0) is 42.8 Å². The van der Waals surface area contributed by atoms with E-state index >= 15 is 0 Å². The van der Waals surface area contributed by atoms with Crippen molar-refractivity contribution in [2.45, 2.75) is 23.1 Å². The SMILES string of the molecule is COc1cccc(SC(c2ccncc2)C(C)N)c1. The van der Waals surface area contributed by atoms with Crippen molar-refractivity contribution >= 4 is 11.8 Å². The average molecular weight is 274 g/mol. The highest BCUT2D eigenvalue weighted by Crippen LogP contribution is 2.37. The van der Waals surface area contributed by atoms with E-state index in [0.717, 1.165) is 10.6 Å². The minimum absolute atomic E-state index is 0.0543. The van der Waals surface area contributed by atoms with Crippen molar-refractivity contribution in [1.29, 1.82) is 0 Å². The van der Waals surface area contributed by atoms with E-state index in [1.165, 1.54) is 5.56 Å². The summed E-state index contributed by atoms with van der Waals surface area (Å²) in [6, 6.07) is 12.1. The Morgan fingerprint density at radius 2 is 1.95 bits per heavy atom. The number of methoxy groups -OCH3 is 1. The molecule has 2 aromatic rings. The van der Waals surface area contributed by atoms with E-state index in [1.807, 2.05) is 37.3 Å². The van der Waals surface area contributed by atoms with E-state index in [0.29, 0.717) is 0 Å². The Bertz CT molecular complexity index is 517. The van der Waals surface area contributed by atoms with Crippen molar-refractivity contribution in [2.75, 3.05) is 7.11 Å². The molecule has 3 nitrogen and oxygen atoms in total. The molecule has 0 aliphatic heterocycles. The van der Waals surface area contributed by atoms with E-state index in [-0.39, 0.29) is 11.3 Å². The molecular formula is C15H18N2OS. The third-order valence-electron chi connectivity index (χ3n) is 2.82. The van der Waals surface area contributed by atoms with E-state index in [2.05, 4.69) is 11.1 Å². The molecule has 4 heteroatoms. The van der Waals surface area contributed by atoms with Gasteiger partial charge >= 0.3 is 0 Å². The van der Waals surface area contributed by atoms with E-state index in [1.54, 1.807) is 31.3 Å². The summed E-state index contributed by atoms with van der Waals surface area (Å²) in [5.74, 6) is 0.864. The van der Waals surface area contributed by atoms with Crippen LogP contribution in [0.25, 0.3) is 0 Å². The predicted molar refractivity (Wildman–Crippen MR) is 79.5 cm³/mol. The summed E-state index contributed by atoms with van der Waals surface area (Å²) in [4.78, 5) is 5.20. The Hall–Kier alpha value is -1.52. The zero-order valence-corrected chi connectivity index (χ0v) is 11.9. The normalized spacial score (nSPS) is 13.8. The molecule has 1 aromatic carbocycles. The highest BCUT2D eigenvalue weighted by molar-refractivity contribution is 7.99. The first-order chi connectivity index (χ1) is 9.20.